The largest absolute Gasteiger partial charge is 0.433 e. The number of nitrogens with one attached hydrogen (secondary N) is 1. The second-order valence-corrected chi connectivity index (χ2v) is 5.48. The molecular formula is C13H18F3N5O. The quantitative estimate of drug-likeness (QED) is 0.917. The SMILES string of the molecule is CN1CCC(Nc2nc(N(C)C)cc(C(F)(F)F)n2)CC1=O. The van der Waals surface area contributed by atoms with Crippen LogP contribution in [0, 0.1) is 0 Å². The Morgan fingerprint density at radius 1 is 1.36 bits per heavy atom. The first-order chi connectivity index (χ1) is 10.2. The molecule has 2 heterocycles. The lowest BCUT2D eigenvalue weighted by Gasteiger charge is -2.29. The van der Waals surface area contributed by atoms with Crippen LogP contribution in [0.5, 0.6) is 0 Å². The van der Waals surface area contributed by atoms with Crippen molar-refractivity contribution in [3.8, 4) is 0 Å². The predicted octanol–water partition coefficient (Wildman–Crippen LogP) is 1.59. The Labute approximate surface area is 126 Å². The van der Waals surface area contributed by atoms with Gasteiger partial charge in [-0.2, -0.15) is 18.2 Å². The van der Waals surface area contributed by atoms with Gasteiger partial charge in [-0.3, -0.25) is 4.79 Å². The molecule has 22 heavy (non-hydrogen) atoms. The van der Waals surface area contributed by atoms with Crippen LogP contribution in [-0.4, -0.2) is 54.5 Å². The number of piperidine rings is 1. The maximum absolute atomic E-state index is 12.9. The normalized spacial score (nSPS) is 19.3. The lowest BCUT2D eigenvalue weighted by molar-refractivity contribution is -0.141. The Bertz CT molecular complexity index is 561. The molecule has 1 aliphatic rings. The van der Waals surface area contributed by atoms with Crippen LogP contribution in [0.1, 0.15) is 18.5 Å². The third-order valence-corrected chi connectivity index (χ3v) is 3.45. The summed E-state index contributed by atoms with van der Waals surface area (Å²) >= 11 is 0. The molecule has 1 amide bonds. The van der Waals surface area contributed by atoms with Crippen molar-refractivity contribution in [1.82, 2.24) is 14.9 Å². The molecule has 1 atom stereocenters. The summed E-state index contributed by atoms with van der Waals surface area (Å²) in [7, 11) is 4.90. The molecule has 1 aromatic heterocycles. The van der Waals surface area contributed by atoms with Gasteiger partial charge in [0, 0.05) is 46.2 Å². The van der Waals surface area contributed by atoms with E-state index in [0.717, 1.165) is 6.07 Å². The zero-order valence-electron chi connectivity index (χ0n) is 12.6. The highest BCUT2D eigenvalue weighted by Crippen LogP contribution is 2.30. The highest BCUT2D eigenvalue weighted by atomic mass is 19.4. The number of anilines is 2. The Morgan fingerprint density at radius 3 is 2.59 bits per heavy atom. The standard InChI is InChI=1S/C13H18F3N5O/c1-20(2)10-7-9(13(14,15)16)18-12(19-10)17-8-4-5-21(3)11(22)6-8/h7-8H,4-6H2,1-3H3,(H,17,18,19). The number of likely N-dealkylation sites (tertiary alicyclic amines) is 1. The summed E-state index contributed by atoms with van der Waals surface area (Å²) < 4.78 is 38.7. The lowest BCUT2D eigenvalue weighted by atomic mass is 10.1. The van der Waals surface area contributed by atoms with Crippen molar-refractivity contribution in [3.63, 3.8) is 0 Å². The molecular weight excluding hydrogens is 299 g/mol. The van der Waals surface area contributed by atoms with Crippen molar-refractivity contribution < 1.29 is 18.0 Å². The van der Waals surface area contributed by atoms with E-state index < -0.39 is 11.9 Å². The minimum absolute atomic E-state index is 0.0523. The van der Waals surface area contributed by atoms with Gasteiger partial charge in [0.25, 0.3) is 0 Å². The number of amides is 1. The molecule has 0 spiro atoms. The molecule has 122 valence electrons. The fraction of sp³-hybridized carbons (Fsp3) is 0.615. The van der Waals surface area contributed by atoms with Gasteiger partial charge in [-0.25, -0.2) is 4.98 Å². The molecule has 0 aliphatic carbocycles. The van der Waals surface area contributed by atoms with Gasteiger partial charge >= 0.3 is 6.18 Å². The Kier molecular flexibility index (Phi) is 4.43. The van der Waals surface area contributed by atoms with Crippen LogP contribution < -0.4 is 10.2 Å². The number of halogens is 3. The minimum Gasteiger partial charge on any atom is -0.363 e. The first kappa shape index (κ1) is 16.3. The highest BCUT2D eigenvalue weighted by Gasteiger charge is 2.34. The van der Waals surface area contributed by atoms with Crippen LogP contribution in [-0.2, 0) is 11.0 Å². The van der Waals surface area contributed by atoms with Gasteiger partial charge in [-0.05, 0) is 6.42 Å². The number of aromatic nitrogens is 2. The zero-order valence-corrected chi connectivity index (χ0v) is 12.6. The maximum atomic E-state index is 12.9. The van der Waals surface area contributed by atoms with Gasteiger partial charge in [0.15, 0.2) is 5.69 Å². The van der Waals surface area contributed by atoms with Crippen molar-refractivity contribution in [2.24, 2.45) is 0 Å². The third kappa shape index (κ3) is 3.77. The molecule has 1 fully saturated rings. The van der Waals surface area contributed by atoms with Crippen molar-refractivity contribution >= 4 is 17.7 Å². The molecule has 2 rings (SSSR count). The van der Waals surface area contributed by atoms with Gasteiger partial charge in [0.2, 0.25) is 11.9 Å². The molecule has 1 saturated heterocycles. The van der Waals surface area contributed by atoms with E-state index in [2.05, 4.69) is 15.3 Å². The molecule has 1 aliphatic heterocycles. The molecule has 1 unspecified atom stereocenters. The smallest absolute Gasteiger partial charge is 0.363 e. The van der Waals surface area contributed by atoms with E-state index in [9.17, 15) is 18.0 Å². The van der Waals surface area contributed by atoms with Gasteiger partial charge in [-0.1, -0.05) is 0 Å². The summed E-state index contributed by atoms with van der Waals surface area (Å²) in [4.78, 5) is 22.3. The number of nitrogens with zero attached hydrogens (tertiary/aromatic N) is 4. The molecule has 1 N–H and O–H groups in total. The fourth-order valence-corrected chi connectivity index (χ4v) is 2.12. The molecule has 9 heteroatoms. The number of carbonyl (C=O) groups is 1. The van der Waals surface area contributed by atoms with Gasteiger partial charge in [-0.15, -0.1) is 0 Å². The molecule has 0 saturated carbocycles. The fourth-order valence-electron chi connectivity index (χ4n) is 2.12. The summed E-state index contributed by atoms with van der Waals surface area (Å²) in [5.74, 6) is -0.00600. The Hall–Kier alpha value is -2.06. The summed E-state index contributed by atoms with van der Waals surface area (Å²) in [6.45, 7) is 0.552. The van der Waals surface area contributed by atoms with E-state index in [-0.39, 0.29) is 30.1 Å². The monoisotopic (exact) mass is 317 g/mol. The predicted molar refractivity (Wildman–Crippen MR) is 75.6 cm³/mol. The molecule has 0 aromatic carbocycles. The molecule has 1 aromatic rings. The first-order valence-corrected chi connectivity index (χ1v) is 6.81. The topological polar surface area (TPSA) is 61.4 Å². The number of carbonyl (C=O) groups excluding carboxylic acids is 1. The molecule has 0 bridgehead atoms. The van der Waals surface area contributed by atoms with Crippen LogP contribution in [0.25, 0.3) is 0 Å². The van der Waals surface area contributed by atoms with Crippen molar-refractivity contribution in [2.45, 2.75) is 25.1 Å². The maximum Gasteiger partial charge on any atom is 0.433 e. The summed E-state index contributed by atoms with van der Waals surface area (Å²) in [6.07, 6.45) is -3.70. The van der Waals surface area contributed by atoms with Gasteiger partial charge in [0.05, 0.1) is 0 Å². The average molecular weight is 317 g/mol. The van der Waals surface area contributed by atoms with Crippen molar-refractivity contribution in [1.29, 1.82) is 0 Å². The van der Waals surface area contributed by atoms with Gasteiger partial charge < -0.3 is 15.1 Å². The third-order valence-electron chi connectivity index (χ3n) is 3.45. The van der Waals surface area contributed by atoms with Crippen molar-refractivity contribution in [3.05, 3.63) is 11.8 Å². The van der Waals surface area contributed by atoms with E-state index in [1.165, 1.54) is 4.90 Å². The minimum atomic E-state index is -4.55. The number of alkyl halides is 3. The second-order valence-electron chi connectivity index (χ2n) is 5.48. The molecule has 0 radical (unpaired) electrons. The Morgan fingerprint density at radius 2 is 2.05 bits per heavy atom. The van der Waals surface area contributed by atoms with E-state index in [0.29, 0.717) is 13.0 Å². The van der Waals surface area contributed by atoms with Crippen LogP contribution in [0.15, 0.2) is 6.07 Å². The van der Waals surface area contributed by atoms with E-state index in [1.807, 2.05) is 0 Å². The average Bonchev–Trinajstić information content (AvgIpc) is 2.41. The van der Waals surface area contributed by atoms with E-state index in [1.54, 1.807) is 26.0 Å². The second kappa shape index (κ2) is 5.98. The lowest BCUT2D eigenvalue weighted by Crippen LogP contribution is -2.41. The van der Waals surface area contributed by atoms with Crippen LogP contribution in [0.2, 0.25) is 0 Å². The van der Waals surface area contributed by atoms with Crippen LogP contribution >= 0.6 is 0 Å². The summed E-state index contributed by atoms with van der Waals surface area (Å²) in [5, 5.41) is 2.84. The number of hydrogen-bond acceptors (Lipinski definition) is 5. The van der Waals surface area contributed by atoms with Gasteiger partial charge in [0.1, 0.15) is 5.82 Å². The number of hydrogen-bond donors (Lipinski definition) is 1. The van der Waals surface area contributed by atoms with E-state index in [4.69, 9.17) is 0 Å². The highest BCUT2D eigenvalue weighted by molar-refractivity contribution is 5.77. The Balaban J connectivity index is 2.23. The first-order valence-electron chi connectivity index (χ1n) is 6.81. The number of rotatable bonds is 3. The zero-order chi connectivity index (χ0) is 16.5. The van der Waals surface area contributed by atoms with E-state index >= 15 is 0 Å². The van der Waals surface area contributed by atoms with Crippen molar-refractivity contribution in [2.75, 3.05) is 37.9 Å². The molecule has 6 nitrogen and oxygen atoms in total. The summed E-state index contributed by atoms with van der Waals surface area (Å²) in [6, 6.07) is 0.632. The van der Waals surface area contributed by atoms with Crippen LogP contribution in [0.3, 0.4) is 0 Å². The van der Waals surface area contributed by atoms with Crippen LogP contribution in [0.4, 0.5) is 24.9 Å². The summed E-state index contributed by atoms with van der Waals surface area (Å²) in [5.41, 5.74) is -1.01.